The summed E-state index contributed by atoms with van der Waals surface area (Å²) in [4.78, 5) is 0. The molecule has 0 heterocycles. The van der Waals surface area contributed by atoms with Crippen LogP contribution >= 0.6 is 0 Å². The molecule has 2 saturated carbocycles. The third kappa shape index (κ3) is 2.40. The molecule has 2 fully saturated rings. The Labute approximate surface area is 91.9 Å². The highest BCUT2D eigenvalue weighted by atomic mass is 14.9. The van der Waals surface area contributed by atoms with Crippen LogP contribution in [0.3, 0.4) is 0 Å². The zero-order valence-corrected chi connectivity index (χ0v) is 9.15. The van der Waals surface area contributed by atoms with Crippen molar-refractivity contribution in [1.29, 1.82) is 0 Å². The van der Waals surface area contributed by atoms with Gasteiger partial charge < -0.3 is 5.32 Å². The first-order chi connectivity index (χ1) is 7.43. The van der Waals surface area contributed by atoms with Crippen LogP contribution in [0.15, 0.2) is 30.3 Å². The van der Waals surface area contributed by atoms with Crippen LogP contribution in [0.4, 0.5) is 0 Å². The molecule has 0 bridgehead atoms. The van der Waals surface area contributed by atoms with E-state index < -0.39 is 0 Å². The molecule has 0 atom stereocenters. The lowest BCUT2D eigenvalue weighted by atomic mass is 10.1. The van der Waals surface area contributed by atoms with E-state index in [-0.39, 0.29) is 0 Å². The maximum absolute atomic E-state index is 3.76. The van der Waals surface area contributed by atoms with Gasteiger partial charge in [-0.1, -0.05) is 30.3 Å². The molecule has 0 radical (unpaired) electrons. The lowest BCUT2D eigenvalue weighted by Crippen LogP contribution is -2.32. The maximum atomic E-state index is 3.76. The molecule has 2 aliphatic rings. The number of hydrogen-bond acceptors (Lipinski definition) is 1. The predicted octanol–water partition coefficient (Wildman–Crippen LogP) is 2.96. The molecular weight excluding hydrogens is 182 g/mol. The summed E-state index contributed by atoms with van der Waals surface area (Å²) in [6.07, 6.45) is 5.85. The molecule has 0 aliphatic heterocycles. The van der Waals surface area contributed by atoms with Gasteiger partial charge >= 0.3 is 0 Å². The summed E-state index contributed by atoms with van der Waals surface area (Å²) < 4.78 is 0. The summed E-state index contributed by atoms with van der Waals surface area (Å²) >= 11 is 0. The minimum atomic E-state index is 0.824. The molecule has 2 aliphatic carbocycles. The Morgan fingerprint density at radius 1 is 1.00 bits per heavy atom. The van der Waals surface area contributed by atoms with Crippen LogP contribution in [0.2, 0.25) is 0 Å². The summed E-state index contributed by atoms with van der Waals surface area (Å²) in [5, 5.41) is 3.76. The highest BCUT2D eigenvalue weighted by molar-refractivity contribution is 5.14. The molecule has 1 nitrogen and oxygen atoms in total. The molecule has 0 aromatic heterocycles. The minimum absolute atomic E-state index is 0.824. The molecule has 0 unspecified atom stereocenters. The van der Waals surface area contributed by atoms with Crippen molar-refractivity contribution in [2.45, 2.75) is 38.3 Å². The smallest absolute Gasteiger partial charge is 0.0208 e. The minimum Gasteiger partial charge on any atom is -0.309 e. The van der Waals surface area contributed by atoms with Gasteiger partial charge in [-0.2, -0.15) is 0 Å². The first kappa shape index (κ1) is 9.41. The summed E-state index contributed by atoms with van der Waals surface area (Å²) in [5.74, 6) is 2.00. The average Bonchev–Trinajstić information content (AvgIpc) is 3.14. The van der Waals surface area contributed by atoms with Crippen molar-refractivity contribution in [1.82, 2.24) is 5.32 Å². The van der Waals surface area contributed by atoms with E-state index in [1.54, 1.807) is 0 Å². The maximum Gasteiger partial charge on any atom is 0.0208 e. The average molecular weight is 201 g/mol. The topological polar surface area (TPSA) is 12.0 Å². The summed E-state index contributed by atoms with van der Waals surface area (Å²) in [6, 6.07) is 11.6. The second kappa shape index (κ2) is 3.97. The lowest BCUT2D eigenvalue weighted by Gasteiger charge is -2.17. The highest BCUT2D eigenvalue weighted by Gasteiger charge is 2.40. The van der Waals surface area contributed by atoms with E-state index in [4.69, 9.17) is 0 Å². The fraction of sp³-hybridized carbons (Fsp3) is 0.571. The zero-order chi connectivity index (χ0) is 10.1. The van der Waals surface area contributed by atoms with Gasteiger partial charge in [0.05, 0.1) is 0 Å². The van der Waals surface area contributed by atoms with Crippen molar-refractivity contribution in [2.24, 2.45) is 11.8 Å². The van der Waals surface area contributed by atoms with Crippen molar-refractivity contribution < 1.29 is 0 Å². The van der Waals surface area contributed by atoms with E-state index >= 15 is 0 Å². The monoisotopic (exact) mass is 201 g/mol. The predicted molar refractivity (Wildman–Crippen MR) is 62.5 cm³/mol. The normalized spacial score (nSPS) is 20.9. The molecule has 1 N–H and O–H groups in total. The summed E-state index contributed by atoms with van der Waals surface area (Å²) in [5.41, 5.74) is 1.42. The van der Waals surface area contributed by atoms with Gasteiger partial charge in [0.2, 0.25) is 0 Å². The Morgan fingerprint density at radius 2 is 1.60 bits per heavy atom. The Morgan fingerprint density at radius 3 is 2.13 bits per heavy atom. The van der Waals surface area contributed by atoms with Gasteiger partial charge in [-0.25, -0.2) is 0 Å². The van der Waals surface area contributed by atoms with Gasteiger partial charge in [-0.05, 0) is 43.1 Å². The van der Waals surface area contributed by atoms with Crippen LogP contribution in [-0.4, -0.2) is 6.04 Å². The van der Waals surface area contributed by atoms with Gasteiger partial charge in [0.1, 0.15) is 0 Å². The molecule has 1 aromatic rings. The van der Waals surface area contributed by atoms with Crippen molar-refractivity contribution in [3.05, 3.63) is 35.9 Å². The lowest BCUT2D eigenvalue weighted by molar-refractivity contribution is 0.416. The van der Waals surface area contributed by atoms with E-state index in [0.717, 1.165) is 24.4 Å². The SMILES string of the molecule is c1ccc(CNC(C2CC2)C2CC2)cc1. The molecule has 0 saturated heterocycles. The van der Waals surface area contributed by atoms with E-state index in [0.29, 0.717) is 0 Å². The van der Waals surface area contributed by atoms with Crippen molar-refractivity contribution in [3.63, 3.8) is 0 Å². The summed E-state index contributed by atoms with van der Waals surface area (Å²) in [6.45, 7) is 1.05. The van der Waals surface area contributed by atoms with Gasteiger partial charge in [0.15, 0.2) is 0 Å². The molecule has 0 spiro atoms. The number of benzene rings is 1. The fourth-order valence-electron chi connectivity index (χ4n) is 2.46. The molecular formula is C14H19N. The van der Waals surface area contributed by atoms with Crippen LogP contribution in [0.1, 0.15) is 31.2 Å². The van der Waals surface area contributed by atoms with E-state index in [9.17, 15) is 0 Å². The zero-order valence-electron chi connectivity index (χ0n) is 9.15. The van der Waals surface area contributed by atoms with Gasteiger partial charge in [-0.15, -0.1) is 0 Å². The third-order valence-electron chi connectivity index (χ3n) is 3.64. The van der Waals surface area contributed by atoms with Crippen LogP contribution in [0, 0.1) is 11.8 Å². The highest BCUT2D eigenvalue weighted by Crippen LogP contribution is 2.44. The molecule has 0 amide bonds. The second-order valence-electron chi connectivity index (χ2n) is 5.07. The second-order valence-corrected chi connectivity index (χ2v) is 5.07. The first-order valence-corrected chi connectivity index (χ1v) is 6.21. The van der Waals surface area contributed by atoms with Crippen molar-refractivity contribution in [2.75, 3.05) is 0 Å². The number of nitrogens with one attached hydrogen (secondary N) is 1. The molecule has 1 heteroatoms. The number of hydrogen-bond donors (Lipinski definition) is 1. The van der Waals surface area contributed by atoms with E-state index in [1.807, 2.05) is 0 Å². The Kier molecular flexibility index (Phi) is 2.49. The van der Waals surface area contributed by atoms with Gasteiger partial charge in [0, 0.05) is 12.6 Å². The molecule has 1 aromatic carbocycles. The van der Waals surface area contributed by atoms with Crippen molar-refractivity contribution >= 4 is 0 Å². The van der Waals surface area contributed by atoms with Crippen molar-refractivity contribution in [3.8, 4) is 0 Å². The van der Waals surface area contributed by atoms with Crippen LogP contribution < -0.4 is 5.32 Å². The quantitative estimate of drug-likeness (QED) is 0.772. The third-order valence-corrected chi connectivity index (χ3v) is 3.64. The summed E-state index contributed by atoms with van der Waals surface area (Å²) in [7, 11) is 0. The fourth-order valence-corrected chi connectivity index (χ4v) is 2.46. The van der Waals surface area contributed by atoms with Gasteiger partial charge in [-0.3, -0.25) is 0 Å². The number of rotatable bonds is 5. The van der Waals surface area contributed by atoms with Crippen LogP contribution in [0.25, 0.3) is 0 Å². The molecule has 3 rings (SSSR count). The standard InChI is InChI=1S/C14H19N/c1-2-4-11(5-3-1)10-15-14(12-6-7-12)13-8-9-13/h1-5,12-15H,6-10H2. The first-order valence-electron chi connectivity index (χ1n) is 6.21. The van der Waals surface area contributed by atoms with Crippen LogP contribution in [0.5, 0.6) is 0 Å². The molecule has 80 valence electrons. The van der Waals surface area contributed by atoms with Crippen LogP contribution in [-0.2, 0) is 6.54 Å². The molecule has 15 heavy (non-hydrogen) atoms. The van der Waals surface area contributed by atoms with E-state index in [1.165, 1.54) is 31.2 Å². The van der Waals surface area contributed by atoms with Gasteiger partial charge in [0.25, 0.3) is 0 Å². The largest absolute Gasteiger partial charge is 0.309 e. The Bertz CT molecular complexity index is 299. The Balaban J connectivity index is 1.55. The van der Waals surface area contributed by atoms with E-state index in [2.05, 4.69) is 35.6 Å². The Hall–Kier alpha value is -0.820.